The second-order valence-electron chi connectivity index (χ2n) is 9.49. The molecule has 1 aliphatic carbocycles. The topological polar surface area (TPSA) is 125 Å². The molecule has 0 saturated carbocycles. The Morgan fingerprint density at radius 3 is 2.75 bits per heavy atom. The number of aryl methyl sites for hydroxylation is 2. The number of nitrogens with two attached hydrogens (primary N) is 1. The summed E-state index contributed by atoms with van der Waals surface area (Å²) in [5.41, 5.74) is 11.4. The Kier molecular flexibility index (Phi) is 8.19. The van der Waals surface area contributed by atoms with E-state index < -0.39 is 5.92 Å². The minimum Gasteiger partial charge on any atom is -0.384 e. The molecule has 1 atom stereocenters. The molecule has 2 aromatic carbocycles. The largest absolute Gasteiger partial charge is 0.384 e. The van der Waals surface area contributed by atoms with Gasteiger partial charge < -0.3 is 11.1 Å². The second kappa shape index (κ2) is 11.6. The number of nitrogens with one attached hydrogen (secondary N) is 1. The van der Waals surface area contributed by atoms with Gasteiger partial charge in [0.1, 0.15) is 5.82 Å². The van der Waals surface area contributed by atoms with Gasteiger partial charge in [0.15, 0.2) is 10.1 Å². The average Bonchev–Trinajstić information content (AvgIpc) is 3.37. The molecule has 1 aliphatic heterocycles. The molecular formula is C28H24Cl2N6O2S2. The summed E-state index contributed by atoms with van der Waals surface area (Å²) in [7, 11) is 0. The van der Waals surface area contributed by atoms with Crippen molar-refractivity contribution in [3.8, 4) is 6.07 Å². The Morgan fingerprint density at radius 1 is 1.23 bits per heavy atom. The summed E-state index contributed by atoms with van der Waals surface area (Å²) in [5, 5.41) is 22.9. The fraction of sp³-hybridized carbons (Fsp3) is 0.250. The number of thioether (sulfide) groups is 1. The Bertz CT molecular complexity index is 1640. The standard InChI is InChI=1S/C28H24Cl2N6O2S2/c1-14-6-9-20(15(2)10-14)33-23(38)13-39-28-35-34-27(40-28)36-21-4-3-5-22(37)25(21)24(18(12-31)26(36)32)17-8-7-16(29)11-19(17)30/h6-11,24H,3-5,13,32H2,1-2H3,(H,33,38). The number of nitrogens with zero attached hydrogens (tertiary/aromatic N) is 4. The smallest absolute Gasteiger partial charge is 0.234 e. The molecule has 8 nitrogen and oxygen atoms in total. The predicted molar refractivity (Wildman–Crippen MR) is 160 cm³/mol. The molecule has 0 fully saturated rings. The number of halogens is 2. The number of Topliss-reactive ketones (excluding diaryl/α,β-unsaturated/α-hetero) is 1. The normalized spacial score (nSPS) is 17.1. The van der Waals surface area contributed by atoms with Gasteiger partial charge >= 0.3 is 0 Å². The van der Waals surface area contributed by atoms with Crippen LogP contribution in [0.4, 0.5) is 10.8 Å². The zero-order valence-corrected chi connectivity index (χ0v) is 24.8. The molecule has 1 amide bonds. The zero-order chi connectivity index (χ0) is 28.6. The Hall–Kier alpha value is -3.36. The van der Waals surface area contributed by atoms with Crippen LogP contribution in [0.5, 0.6) is 0 Å². The average molecular weight is 612 g/mol. The van der Waals surface area contributed by atoms with Crippen molar-refractivity contribution in [3.05, 3.63) is 85.8 Å². The van der Waals surface area contributed by atoms with E-state index in [1.54, 1.807) is 23.1 Å². The fourth-order valence-corrected chi connectivity index (χ4v) is 7.17. The molecule has 40 heavy (non-hydrogen) atoms. The number of ketones is 1. The third-order valence-electron chi connectivity index (χ3n) is 6.76. The number of rotatable bonds is 6. The van der Waals surface area contributed by atoms with E-state index >= 15 is 0 Å². The molecule has 0 spiro atoms. The van der Waals surface area contributed by atoms with Crippen molar-refractivity contribution in [1.29, 1.82) is 5.26 Å². The van der Waals surface area contributed by atoms with Crippen LogP contribution in [0.3, 0.4) is 0 Å². The number of anilines is 2. The number of benzene rings is 2. The molecule has 2 aliphatic rings. The van der Waals surface area contributed by atoms with Gasteiger partial charge in [-0.1, -0.05) is 70.1 Å². The summed E-state index contributed by atoms with van der Waals surface area (Å²) in [6.45, 7) is 3.95. The molecular weight excluding hydrogens is 587 g/mol. The monoisotopic (exact) mass is 610 g/mol. The first-order chi connectivity index (χ1) is 19.2. The maximum Gasteiger partial charge on any atom is 0.234 e. The van der Waals surface area contributed by atoms with Crippen LogP contribution in [0.1, 0.15) is 41.9 Å². The number of nitriles is 1. The molecule has 204 valence electrons. The van der Waals surface area contributed by atoms with Gasteiger partial charge in [-0.05, 0) is 56.0 Å². The van der Waals surface area contributed by atoms with Crippen LogP contribution in [-0.4, -0.2) is 27.6 Å². The van der Waals surface area contributed by atoms with Gasteiger partial charge in [-0.25, -0.2) is 0 Å². The molecule has 1 unspecified atom stereocenters. The predicted octanol–water partition coefficient (Wildman–Crippen LogP) is 6.50. The maximum absolute atomic E-state index is 13.3. The van der Waals surface area contributed by atoms with Crippen LogP contribution in [0.2, 0.25) is 10.0 Å². The van der Waals surface area contributed by atoms with E-state index in [1.165, 1.54) is 23.1 Å². The molecule has 3 N–H and O–H groups in total. The Balaban J connectivity index is 1.43. The molecule has 2 heterocycles. The number of allylic oxidation sites excluding steroid dienone is 3. The summed E-state index contributed by atoms with van der Waals surface area (Å²) in [5.74, 6) is -0.620. The number of hydrogen-bond donors (Lipinski definition) is 2. The highest BCUT2D eigenvalue weighted by atomic mass is 35.5. The summed E-state index contributed by atoms with van der Waals surface area (Å²) >= 11 is 15.1. The van der Waals surface area contributed by atoms with Crippen molar-refractivity contribution in [2.75, 3.05) is 16.0 Å². The lowest BCUT2D eigenvalue weighted by atomic mass is 9.76. The highest BCUT2D eigenvalue weighted by Gasteiger charge is 2.42. The van der Waals surface area contributed by atoms with E-state index in [0.717, 1.165) is 16.8 Å². The van der Waals surface area contributed by atoms with E-state index in [0.29, 0.717) is 55.6 Å². The summed E-state index contributed by atoms with van der Waals surface area (Å²) in [6.07, 6.45) is 1.58. The van der Waals surface area contributed by atoms with Crippen LogP contribution in [0.25, 0.3) is 0 Å². The number of hydrogen-bond acceptors (Lipinski definition) is 9. The van der Waals surface area contributed by atoms with E-state index in [4.69, 9.17) is 28.9 Å². The highest BCUT2D eigenvalue weighted by molar-refractivity contribution is 8.01. The zero-order valence-electron chi connectivity index (χ0n) is 21.6. The van der Waals surface area contributed by atoms with Gasteiger partial charge in [-0.2, -0.15) is 5.26 Å². The second-order valence-corrected chi connectivity index (χ2v) is 12.5. The van der Waals surface area contributed by atoms with Gasteiger partial charge in [-0.15, -0.1) is 10.2 Å². The van der Waals surface area contributed by atoms with Gasteiger partial charge in [0, 0.05) is 33.4 Å². The van der Waals surface area contributed by atoms with Crippen molar-refractivity contribution in [2.24, 2.45) is 5.73 Å². The van der Waals surface area contributed by atoms with Crippen molar-refractivity contribution >= 4 is 68.8 Å². The molecule has 3 aromatic rings. The lowest BCUT2D eigenvalue weighted by Gasteiger charge is -2.38. The van der Waals surface area contributed by atoms with Crippen LogP contribution >= 0.6 is 46.3 Å². The fourth-order valence-electron chi connectivity index (χ4n) is 4.97. The molecule has 0 radical (unpaired) electrons. The van der Waals surface area contributed by atoms with E-state index in [9.17, 15) is 14.9 Å². The van der Waals surface area contributed by atoms with Crippen LogP contribution in [-0.2, 0) is 9.59 Å². The van der Waals surface area contributed by atoms with Gasteiger partial charge in [0.2, 0.25) is 11.0 Å². The third kappa shape index (κ3) is 5.47. The van der Waals surface area contributed by atoms with Crippen LogP contribution in [0.15, 0.2) is 63.4 Å². The lowest BCUT2D eigenvalue weighted by Crippen LogP contribution is -2.38. The summed E-state index contributed by atoms with van der Waals surface area (Å²) in [6, 6.07) is 13.0. The first-order valence-corrected chi connectivity index (χ1v) is 15.0. The number of aromatic nitrogens is 2. The SMILES string of the molecule is Cc1ccc(NC(=O)CSc2nnc(N3C(N)=C(C#N)C(c4ccc(Cl)cc4Cl)C4=C3CCCC4=O)s2)c(C)c1. The van der Waals surface area contributed by atoms with E-state index in [2.05, 4.69) is 21.6 Å². The molecule has 0 saturated heterocycles. The van der Waals surface area contributed by atoms with Crippen LogP contribution < -0.4 is 16.0 Å². The number of carbonyl (C=O) groups excluding carboxylic acids is 2. The first-order valence-electron chi connectivity index (χ1n) is 12.4. The van der Waals surface area contributed by atoms with Crippen molar-refractivity contribution in [2.45, 2.75) is 43.4 Å². The van der Waals surface area contributed by atoms with Crippen molar-refractivity contribution in [1.82, 2.24) is 10.2 Å². The number of amides is 1. The Labute approximate surface area is 249 Å². The van der Waals surface area contributed by atoms with Crippen molar-refractivity contribution < 1.29 is 9.59 Å². The first kappa shape index (κ1) is 28.2. The van der Waals surface area contributed by atoms with Crippen LogP contribution in [0, 0.1) is 25.2 Å². The van der Waals surface area contributed by atoms with E-state index in [1.807, 2.05) is 32.0 Å². The maximum atomic E-state index is 13.3. The van der Waals surface area contributed by atoms with Gasteiger partial charge in [0.25, 0.3) is 0 Å². The molecule has 5 rings (SSSR count). The molecule has 12 heteroatoms. The minimum atomic E-state index is -0.704. The lowest BCUT2D eigenvalue weighted by molar-refractivity contribution is -0.116. The highest BCUT2D eigenvalue weighted by Crippen LogP contribution is 2.48. The molecule has 0 bridgehead atoms. The molecule has 1 aromatic heterocycles. The summed E-state index contributed by atoms with van der Waals surface area (Å²) < 4.78 is 0.559. The minimum absolute atomic E-state index is 0.0651. The number of carbonyl (C=O) groups is 2. The quantitative estimate of drug-likeness (QED) is 0.303. The summed E-state index contributed by atoms with van der Waals surface area (Å²) in [4.78, 5) is 27.6. The third-order valence-corrected chi connectivity index (χ3v) is 9.36. The van der Waals surface area contributed by atoms with Gasteiger partial charge in [0.05, 0.1) is 23.3 Å². The van der Waals surface area contributed by atoms with E-state index in [-0.39, 0.29) is 28.8 Å². The van der Waals surface area contributed by atoms with Crippen molar-refractivity contribution in [3.63, 3.8) is 0 Å². The Morgan fingerprint density at radius 2 is 2.02 bits per heavy atom. The van der Waals surface area contributed by atoms with Gasteiger partial charge in [-0.3, -0.25) is 14.5 Å².